The third-order valence-electron chi connectivity index (χ3n) is 3.41. The second kappa shape index (κ2) is 7.52. The molecule has 0 unspecified atom stereocenters. The molecular weight excluding hydrogens is 306 g/mol. The smallest absolute Gasteiger partial charge is 0.274 e. The van der Waals surface area contributed by atoms with Crippen LogP contribution in [0.15, 0.2) is 54.9 Å². The van der Waals surface area contributed by atoms with Crippen LogP contribution in [0.1, 0.15) is 10.5 Å². The van der Waals surface area contributed by atoms with E-state index in [1.54, 1.807) is 37.7 Å². The van der Waals surface area contributed by atoms with Gasteiger partial charge in [0.05, 0.1) is 6.61 Å². The molecule has 0 spiro atoms. The molecule has 0 fully saturated rings. The molecule has 1 amide bonds. The van der Waals surface area contributed by atoms with Crippen LogP contribution in [-0.2, 0) is 4.74 Å². The molecule has 0 radical (unpaired) electrons. The van der Waals surface area contributed by atoms with Crippen LogP contribution in [0.5, 0.6) is 5.88 Å². The van der Waals surface area contributed by atoms with Crippen LogP contribution in [0.4, 0.5) is 5.69 Å². The zero-order chi connectivity index (χ0) is 16.8. The number of hydrogen-bond acceptors (Lipinski definition) is 5. The van der Waals surface area contributed by atoms with Crippen molar-refractivity contribution in [3.63, 3.8) is 0 Å². The number of carbonyl (C=O) groups is 1. The number of benzene rings is 1. The molecule has 0 saturated carbocycles. The van der Waals surface area contributed by atoms with Crippen LogP contribution in [-0.4, -0.2) is 36.2 Å². The highest BCUT2D eigenvalue weighted by Gasteiger charge is 2.09. The molecule has 0 aliphatic carbocycles. The number of hydrogen-bond donors (Lipinski definition) is 1. The largest absolute Gasteiger partial charge is 0.475 e. The Balaban J connectivity index is 1.80. The van der Waals surface area contributed by atoms with E-state index in [-0.39, 0.29) is 5.91 Å². The van der Waals surface area contributed by atoms with Gasteiger partial charge in [0.15, 0.2) is 0 Å². The molecule has 3 aromatic rings. The molecular formula is C18H17N3O3. The summed E-state index contributed by atoms with van der Waals surface area (Å²) in [6, 6.07) is 12.6. The quantitative estimate of drug-likeness (QED) is 0.706. The van der Waals surface area contributed by atoms with E-state index >= 15 is 0 Å². The van der Waals surface area contributed by atoms with Crippen molar-refractivity contribution in [3.05, 3.63) is 60.6 Å². The molecule has 24 heavy (non-hydrogen) atoms. The monoisotopic (exact) mass is 323 g/mol. The van der Waals surface area contributed by atoms with Crippen LogP contribution < -0.4 is 10.1 Å². The Morgan fingerprint density at radius 1 is 1.08 bits per heavy atom. The second-order valence-electron chi connectivity index (χ2n) is 5.06. The maximum Gasteiger partial charge on any atom is 0.274 e. The minimum absolute atomic E-state index is 0.249. The average molecular weight is 323 g/mol. The van der Waals surface area contributed by atoms with Crippen LogP contribution in [0.2, 0.25) is 0 Å². The van der Waals surface area contributed by atoms with E-state index in [4.69, 9.17) is 9.47 Å². The summed E-state index contributed by atoms with van der Waals surface area (Å²) in [6.45, 7) is 0.928. The first-order chi connectivity index (χ1) is 11.8. The van der Waals surface area contributed by atoms with E-state index in [9.17, 15) is 4.79 Å². The van der Waals surface area contributed by atoms with Gasteiger partial charge in [-0.05, 0) is 41.8 Å². The highest BCUT2D eigenvalue weighted by molar-refractivity contribution is 6.04. The third-order valence-corrected chi connectivity index (χ3v) is 3.41. The van der Waals surface area contributed by atoms with Gasteiger partial charge in [-0.1, -0.05) is 6.07 Å². The van der Waals surface area contributed by atoms with Crippen molar-refractivity contribution in [2.45, 2.75) is 0 Å². The summed E-state index contributed by atoms with van der Waals surface area (Å²) in [5.74, 6) is 0.299. The molecule has 0 bridgehead atoms. The first-order valence-electron chi connectivity index (χ1n) is 7.51. The Bertz CT molecular complexity index is 837. The molecule has 122 valence electrons. The molecule has 1 aromatic carbocycles. The molecule has 0 saturated heterocycles. The number of methoxy groups -OCH3 is 1. The Morgan fingerprint density at radius 3 is 2.79 bits per heavy atom. The Morgan fingerprint density at radius 2 is 2.00 bits per heavy atom. The maximum atomic E-state index is 12.2. The Kier molecular flexibility index (Phi) is 4.98. The van der Waals surface area contributed by atoms with E-state index in [1.165, 1.54) is 0 Å². The zero-order valence-electron chi connectivity index (χ0n) is 13.2. The number of aromatic nitrogens is 2. The summed E-state index contributed by atoms with van der Waals surface area (Å²) >= 11 is 0. The molecule has 3 rings (SSSR count). The van der Waals surface area contributed by atoms with Crippen LogP contribution in [0.25, 0.3) is 10.8 Å². The van der Waals surface area contributed by atoms with Gasteiger partial charge in [0, 0.05) is 30.6 Å². The van der Waals surface area contributed by atoms with Crippen molar-refractivity contribution in [1.29, 1.82) is 0 Å². The predicted octanol–water partition coefficient (Wildman–Crippen LogP) is 2.91. The number of ether oxygens (including phenoxy) is 2. The molecule has 1 N–H and O–H groups in total. The lowest BCUT2D eigenvalue weighted by Gasteiger charge is -2.09. The molecule has 0 aliphatic rings. The van der Waals surface area contributed by atoms with Crippen molar-refractivity contribution in [2.24, 2.45) is 0 Å². The van der Waals surface area contributed by atoms with Gasteiger partial charge < -0.3 is 14.8 Å². The molecule has 0 atom stereocenters. The minimum atomic E-state index is -0.249. The van der Waals surface area contributed by atoms with Gasteiger partial charge in [-0.2, -0.15) is 0 Å². The van der Waals surface area contributed by atoms with Crippen LogP contribution in [0.3, 0.4) is 0 Å². The minimum Gasteiger partial charge on any atom is -0.475 e. The zero-order valence-corrected chi connectivity index (χ0v) is 13.2. The number of pyridine rings is 2. The highest BCUT2D eigenvalue weighted by atomic mass is 16.5. The fraction of sp³-hybridized carbons (Fsp3) is 0.167. The first kappa shape index (κ1) is 15.9. The van der Waals surface area contributed by atoms with Gasteiger partial charge in [0.1, 0.15) is 12.3 Å². The standard InChI is InChI=1S/C18H17N3O3/c1-23-10-11-24-18-15-6-5-14(12-13(15)7-9-20-18)21-17(22)16-4-2-3-8-19-16/h2-9,12H,10-11H2,1H3,(H,21,22). The van der Waals surface area contributed by atoms with Crippen LogP contribution >= 0.6 is 0 Å². The molecule has 6 heteroatoms. The van der Waals surface area contributed by atoms with Gasteiger partial charge in [-0.25, -0.2) is 4.98 Å². The van der Waals surface area contributed by atoms with Crippen molar-refractivity contribution >= 4 is 22.4 Å². The van der Waals surface area contributed by atoms with E-state index in [0.29, 0.717) is 30.5 Å². The van der Waals surface area contributed by atoms with Gasteiger partial charge in [-0.15, -0.1) is 0 Å². The number of rotatable bonds is 6. The second-order valence-corrected chi connectivity index (χ2v) is 5.06. The SMILES string of the molecule is COCCOc1nccc2cc(NC(=O)c3ccccn3)ccc12. The first-order valence-corrected chi connectivity index (χ1v) is 7.51. The van der Waals surface area contributed by atoms with Gasteiger partial charge >= 0.3 is 0 Å². The normalized spacial score (nSPS) is 10.5. The molecule has 2 aromatic heterocycles. The predicted molar refractivity (Wildman–Crippen MR) is 91.3 cm³/mol. The summed E-state index contributed by atoms with van der Waals surface area (Å²) in [6.07, 6.45) is 3.26. The lowest BCUT2D eigenvalue weighted by Crippen LogP contribution is -2.13. The lowest BCUT2D eigenvalue weighted by atomic mass is 10.1. The van der Waals surface area contributed by atoms with Gasteiger partial charge in [-0.3, -0.25) is 9.78 Å². The maximum absolute atomic E-state index is 12.2. The number of fused-ring (bicyclic) bond motifs is 1. The van der Waals surface area contributed by atoms with E-state index in [0.717, 1.165) is 10.8 Å². The number of carbonyl (C=O) groups excluding carboxylic acids is 1. The fourth-order valence-electron chi connectivity index (χ4n) is 2.26. The van der Waals surface area contributed by atoms with Crippen molar-refractivity contribution < 1.29 is 14.3 Å². The summed E-state index contributed by atoms with van der Waals surface area (Å²) < 4.78 is 10.6. The highest BCUT2D eigenvalue weighted by Crippen LogP contribution is 2.26. The summed E-state index contributed by atoms with van der Waals surface area (Å²) in [5.41, 5.74) is 1.06. The van der Waals surface area contributed by atoms with Crippen molar-refractivity contribution in [1.82, 2.24) is 9.97 Å². The summed E-state index contributed by atoms with van der Waals surface area (Å²) in [7, 11) is 1.62. The fourth-order valence-corrected chi connectivity index (χ4v) is 2.26. The number of nitrogens with one attached hydrogen (secondary N) is 1. The topological polar surface area (TPSA) is 73.3 Å². The third kappa shape index (κ3) is 3.67. The molecule has 0 aliphatic heterocycles. The number of nitrogens with zero attached hydrogens (tertiary/aromatic N) is 2. The Hall–Kier alpha value is -2.99. The molecule has 6 nitrogen and oxygen atoms in total. The van der Waals surface area contributed by atoms with Gasteiger partial charge in [0.25, 0.3) is 5.91 Å². The van der Waals surface area contributed by atoms with Gasteiger partial charge in [0.2, 0.25) is 5.88 Å². The Labute approximate surface area is 139 Å². The van der Waals surface area contributed by atoms with Crippen molar-refractivity contribution in [3.8, 4) is 5.88 Å². The summed E-state index contributed by atoms with van der Waals surface area (Å²) in [4.78, 5) is 20.4. The number of amides is 1. The lowest BCUT2D eigenvalue weighted by molar-refractivity contribution is 0.102. The average Bonchev–Trinajstić information content (AvgIpc) is 2.62. The van der Waals surface area contributed by atoms with E-state index < -0.39 is 0 Å². The van der Waals surface area contributed by atoms with Crippen LogP contribution in [0, 0.1) is 0 Å². The van der Waals surface area contributed by atoms with E-state index in [2.05, 4.69) is 15.3 Å². The van der Waals surface area contributed by atoms with E-state index in [1.807, 2.05) is 24.3 Å². The molecule has 2 heterocycles. The number of anilines is 1. The summed E-state index contributed by atoms with van der Waals surface area (Å²) in [5, 5.41) is 4.65. The van der Waals surface area contributed by atoms with Crippen molar-refractivity contribution in [2.75, 3.05) is 25.6 Å².